The van der Waals surface area contributed by atoms with Crippen LogP contribution < -0.4 is 17.1 Å². The molecule has 0 aliphatic carbocycles. The molecule has 0 aromatic heterocycles. The molecule has 0 N–H and O–H groups in total. The Bertz CT molecular complexity index is 555. The van der Waals surface area contributed by atoms with E-state index in [-0.39, 0.29) is 18.4 Å². The zero-order chi connectivity index (χ0) is 13.7. The lowest BCUT2D eigenvalue weighted by Crippen LogP contribution is -3.00. The van der Waals surface area contributed by atoms with E-state index in [2.05, 4.69) is 0 Å². The van der Waals surface area contributed by atoms with Gasteiger partial charge in [0.25, 0.3) is 0 Å². The van der Waals surface area contributed by atoms with Crippen LogP contribution in [0.15, 0.2) is 54.6 Å². The Balaban J connectivity index is 0.00000200. The minimum Gasteiger partial charge on any atom is -1.00 e. The Kier molecular flexibility index (Phi) is 6.22. The average molecular weight is 291 g/mol. The van der Waals surface area contributed by atoms with Crippen LogP contribution in [0.1, 0.15) is 15.9 Å². The molecule has 3 nitrogen and oxygen atoms in total. The molecular weight excluding hydrogens is 274 g/mol. The van der Waals surface area contributed by atoms with E-state index in [1.165, 1.54) is 0 Å². The van der Waals surface area contributed by atoms with E-state index in [1.807, 2.05) is 61.5 Å². The first-order valence-electron chi connectivity index (χ1n) is 6.16. The number of esters is 1. The van der Waals surface area contributed by atoms with Crippen molar-refractivity contribution in [2.45, 2.75) is 6.54 Å². The molecule has 2 aromatic rings. The number of carbonyl (C=O) groups is 1. The molecule has 0 spiro atoms. The van der Waals surface area contributed by atoms with E-state index in [9.17, 15) is 4.79 Å². The summed E-state index contributed by atoms with van der Waals surface area (Å²) >= 11 is 0. The maximum atomic E-state index is 12.0. The Morgan fingerprint density at radius 1 is 1.00 bits per heavy atom. The quantitative estimate of drug-likeness (QED) is 0.585. The van der Waals surface area contributed by atoms with E-state index < -0.39 is 0 Å². The summed E-state index contributed by atoms with van der Waals surface area (Å²) in [5.74, 6) is 0.289. The van der Waals surface area contributed by atoms with Gasteiger partial charge in [-0.1, -0.05) is 36.4 Å². The van der Waals surface area contributed by atoms with Gasteiger partial charge in [0.15, 0.2) is 0 Å². The van der Waals surface area contributed by atoms with Gasteiger partial charge in [-0.3, -0.25) is 0 Å². The predicted molar refractivity (Wildman–Crippen MR) is 75.2 cm³/mol. The summed E-state index contributed by atoms with van der Waals surface area (Å²) in [5, 5.41) is 0. The van der Waals surface area contributed by atoms with Gasteiger partial charge in [0.05, 0.1) is 5.56 Å². The van der Waals surface area contributed by atoms with Crippen molar-refractivity contribution in [1.29, 1.82) is 0 Å². The standard InChI is InChI=1S/C16H17NO2.ClH/c1-17(2)12-14-10-6-7-11-15(14)19-16(18)13-8-4-3-5-9-13;/h3-11H,12H2,1-2H3;1H/p-1. The summed E-state index contributed by atoms with van der Waals surface area (Å²) in [6.07, 6.45) is 0. The second kappa shape index (κ2) is 7.68. The van der Waals surface area contributed by atoms with Crippen molar-refractivity contribution in [1.82, 2.24) is 4.90 Å². The molecule has 20 heavy (non-hydrogen) atoms. The van der Waals surface area contributed by atoms with Gasteiger partial charge < -0.3 is 22.0 Å². The van der Waals surface area contributed by atoms with Gasteiger partial charge in [0, 0.05) is 12.1 Å². The molecule has 0 bridgehead atoms. The van der Waals surface area contributed by atoms with Crippen LogP contribution in [-0.2, 0) is 6.54 Å². The number of ether oxygens (including phenoxy) is 1. The molecule has 0 aliphatic rings. The third kappa shape index (κ3) is 4.37. The SMILES string of the molecule is CN(C)Cc1ccccc1OC(=O)c1ccccc1.[Cl-]. The van der Waals surface area contributed by atoms with Gasteiger partial charge in [-0.2, -0.15) is 0 Å². The first kappa shape index (κ1) is 16.2. The summed E-state index contributed by atoms with van der Waals surface area (Å²) in [7, 11) is 3.96. The molecule has 0 heterocycles. The largest absolute Gasteiger partial charge is 1.00 e. The molecule has 4 heteroatoms. The second-order valence-corrected chi connectivity index (χ2v) is 4.60. The Labute approximate surface area is 125 Å². The third-order valence-electron chi connectivity index (χ3n) is 2.67. The number of carbonyl (C=O) groups excluding carboxylic acids is 1. The zero-order valence-electron chi connectivity index (χ0n) is 11.5. The number of benzene rings is 2. The molecule has 0 saturated carbocycles. The van der Waals surface area contributed by atoms with Crippen LogP contribution in [0.25, 0.3) is 0 Å². The predicted octanol–water partition coefficient (Wildman–Crippen LogP) is -0.0286. The Hall–Kier alpha value is -1.84. The fourth-order valence-electron chi connectivity index (χ4n) is 1.81. The first-order chi connectivity index (χ1) is 9.16. The van der Waals surface area contributed by atoms with Crippen molar-refractivity contribution in [2.75, 3.05) is 14.1 Å². The van der Waals surface area contributed by atoms with Crippen molar-refractivity contribution >= 4 is 5.97 Å². The van der Waals surface area contributed by atoms with Crippen LogP contribution in [0.3, 0.4) is 0 Å². The van der Waals surface area contributed by atoms with Crippen LogP contribution in [0, 0.1) is 0 Å². The lowest BCUT2D eigenvalue weighted by atomic mass is 10.2. The maximum absolute atomic E-state index is 12.0. The number of hydrogen-bond acceptors (Lipinski definition) is 3. The fourth-order valence-corrected chi connectivity index (χ4v) is 1.81. The van der Waals surface area contributed by atoms with Crippen molar-refractivity contribution in [3.63, 3.8) is 0 Å². The van der Waals surface area contributed by atoms with E-state index in [4.69, 9.17) is 4.74 Å². The van der Waals surface area contributed by atoms with Gasteiger partial charge in [-0.25, -0.2) is 4.79 Å². The average Bonchev–Trinajstić information content (AvgIpc) is 2.41. The van der Waals surface area contributed by atoms with E-state index in [0.717, 1.165) is 12.1 Å². The van der Waals surface area contributed by atoms with Crippen LogP contribution in [0.4, 0.5) is 0 Å². The van der Waals surface area contributed by atoms with Crippen molar-refractivity contribution in [3.8, 4) is 5.75 Å². The lowest BCUT2D eigenvalue weighted by Gasteiger charge is -2.13. The highest BCUT2D eigenvalue weighted by atomic mass is 35.5. The summed E-state index contributed by atoms with van der Waals surface area (Å²) in [6, 6.07) is 16.6. The van der Waals surface area contributed by atoms with Crippen molar-refractivity contribution < 1.29 is 21.9 Å². The number of nitrogens with zero attached hydrogens (tertiary/aromatic N) is 1. The number of halogens is 1. The third-order valence-corrected chi connectivity index (χ3v) is 2.67. The summed E-state index contributed by atoms with van der Waals surface area (Å²) in [5.41, 5.74) is 1.55. The molecule has 0 amide bonds. The monoisotopic (exact) mass is 290 g/mol. The molecule has 0 radical (unpaired) electrons. The first-order valence-corrected chi connectivity index (χ1v) is 6.16. The highest BCUT2D eigenvalue weighted by Crippen LogP contribution is 2.20. The minimum atomic E-state index is -0.327. The van der Waals surface area contributed by atoms with E-state index in [0.29, 0.717) is 11.3 Å². The number of rotatable bonds is 4. The summed E-state index contributed by atoms with van der Waals surface area (Å²) in [6.45, 7) is 0.734. The van der Waals surface area contributed by atoms with Gasteiger partial charge >= 0.3 is 5.97 Å². The molecule has 106 valence electrons. The van der Waals surface area contributed by atoms with Crippen molar-refractivity contribution in [2.24, 2.45) is 0 Å². The highest BCUT2D eigenvalue weighted by molar-refractivity contribution is 5.91. The fraction of sp³-hybridized carbons (Fsp3) is 0.188. The molecule has 0 atom stereocenters. The molecule has 2 rings (SSSR count). The topological polar surface area (TPSA) is 29.5 Å². The van der Waals surface area contributed by atoms with Crippen LogP contribution in [0.5, 0.6) is 5.75 Å². The molecular formula is C16H17ClNO2-. The number of para-hydroxylation sites is 1. The van der Waals surface area contributed by atoms with Gasteiger partial charge in [-0.05, 0) is 32.3 Å². The lowest BCUT2D eigenvalue weighted by molar-refractivity contribution is -0.0000167. The Morgan fingerprint density at radius 3 is 2.25 bits per heavy atom. The van der Waals surface area contributed by atoms with Gasteiger partial charge in [0.2, 0.25) is 0 Å². The van der Waals surface area contributed by atoms with Gasteiger partial charge in [0.1, 0.15) is 5.75 Å². The van der Waals surface area contributed by atoms with E-state index >= 15 is 0 Å². The molecule has 0 unspecified atom stereocenters. The van der Waals surface area contributed by atoms with Crippen LogP contribution in [0.2, 0.25) is 0 Å². The zero-order valence-corrected chi connectivity index (χ0v) is 12.3. The smallest absolute Gasteiger partial charge is 0.343 e. The molecule has 0 fully saturated rings. The minimum absolute atomic E-state index is 0. The van der Waals surface area contributed by atoms with E-state index in [1.54, 1.807) is 12.1 Å². The molecule has 0 aliphatic heterocycles. The maximum Gasteiger partial charge on any atom is 0.343 e. The Morgan fingerprint density at radius 2 is 1.60 bits per heavy atom. The second-order valence-electron chi connectivity index (χ2n) is 4.60. The van der Waals surface area contributed by atoms with Gasteiger partial charge in [-0.15, -0.1) is 0 Å². The highest BCUT2D eigenvalue weighted by Gasteiger charge is 2.11. The molecule has 2 aromatic carbocycles. The van der Waals surface area contributed by atoms with Crippen molar-refractivity contribution in [3.05, 3.63) is 65.7 Å². The van der Waals surface area contributed by atoms with Crippen LogP contribution >= 0.6 is 0 Å². The van der Waals surface area contributed by atoms with Crippen LogP contribution in [-0.4, -0.2) is 25.0 Å². The molecule has 0 saturated heterocycles. The summed E-state index contributed by atoms with van der Waals surface area (Å²) in [4.78, 5) is 14.1. The summed E-state index contributed by atoms with van der Waals surface area (Å²) < 4.78 is 5.47. The normalized spacial score (nSPS) is 9.95. The number of hydrogen-bond donors (Lipinski definition) is 0.